The van der Waals surface area contributed by atoms with Gasteiger partial charge in [0.25, 0.3) is 0 Å². The summed E-state index contributed by atoms with van der Waals surface area (Å²) in [5.41, 5.74) is 10.7. The highest BCUT2D eigenvalue weighted by Gasteiger charge is 2.64. The van der Waals surface area contributed by atoms with E-state index in [4.69, 9.17) is 27.9 Å². The Morgan fingerprint density at radius 3 is 1.06 bits per heavy atom. The van der Waals surface area contributed by atoms with Crippen molar-refractivity contribution in [2.75, 3.05) is 0 Å². The molecule has 84 heavy (non-hydrogen) atoms. The quantitative estimate of drug-likeness (QED) is 0.154. The third kappa shape index (κ3) is 9.46. The molecule has 0 unspecified atom stereocenters. The summed E-state index contributed by atoms with van der Waals surface area (Å²) in [7, 11) is -1.35. The molecule has 15 rings (SSSR count). The Balaban J connectivity index is 0.000000125. The van der Waals surface area contributed by atoms with Gasteiger partial charge in [0.2, 0.25) is 0 Å². The minimum absolute atomic E-state index is 0.360. The summed E-state index contributed by atoms with van der Waals surface area (Å²) < 4.78 is 47.1. The van der Waals surface area contributed by atoms with Crippen molar-refractivity contribution in [3.05, 3.63) is 211 Å². The average Bonchev–Trinajstić information content (AvgIpc) is 1.78. The Bertz CT molecular complexity index is 4360. The number of nitrogens with zero attached hydrogens (tertiary/aromatic N) is 4. The van der Waals surface area contributed by atoms with Crippen LogP contribution in [0.3, 0.4) is 0 Å². The summed E-state index contributed by atoms with van der Waals surface area (Å²) in [5.74, 6) is 0. The van der Waals surface area contributed by atoms with Crippen molar-refractivity contribution < 1.29 is 27.9 Å². The third-order valence-electron chi connectivity index (χ3n) is 18.5. The molecule has 0 bridgehead atoms. The second-order valence-corrected chi connectivity index (χ2v) is 26.4. The number of rotatable bonds is 6. The van der Waals surface area contributed by atoms with E-state index in [1.165, 1.54) is 71.3 Å². The molecule has 0 amide bonds. The molecule has 4 aromatic heterocycles. The minimum atomic E-state index is -0.476. The van der Waals surface area contributed by atoms with E-state index in [9.17, 15) is 0 Å². The first-order chi connectivity index (χ1) is 40.0. The van der Waals surface area contributed by atoms with Crippen LogP contribution in [0.5, 0.6) is 0 Å². The van der Waals surface area contributed by atoms with Crippen molar-refractivity contribution in [1.82, 2.24) is 18.3 Å². The zero-order valence-corrected chi connectivity index (χ0v) is 51.6. The number of aromatic nitrogens is 4. The number of fused-ring (bicyclic) bond motifs is 10. The van der Waals surface area contributed by atoms with E-state index in [-0.39, 0.29) is 33.6 Å². The highest BCUT2D eigenvalue weighted by molar-refractivity contribution is 9.10. The average molecular weight is 1180 g/mol. The second-order valence-electron chi connectivity index (χ2n) is 25.5. The first-order valence-electron chi connectivity index (χ1n) is 29.1. The standard InChI is InChI=1S/C32H29BN2O2.C26H17BrN2.C12H24B2O4/c1-31(2)32(3,4)37-33(36-31)23-16-18-28-27(21-23)26-17-15-22-19-20-34(24-11-7-5-8-12-24)29(22)30(26)35(28)25-13-9-6-10-14-25;27-19-12-14-24-23(17-19)22-13-11-18-15-16-28(20-7-3-1-4-8-20)25(18)26(22)29(24)21-9-5-2-6-10-21;1-9(2)10(3,4)16-13(15-9)14-17-11(5,6)12(7,8)18-14/h5-21H,1-4H3;1-17H;1-8H3. The number of hydrogen-bond acceptors (Lipinski definition) is 6. The van der Waals surface area contributed by atoms with Gasteiger partial charge in [-0.15, -0.1) is 0 Å². The van der Waals surface area contributed by atoms with Gasteiger partial charge in [0.15, 0.2) is 0 Å². The topological polar surface area (TPSA) is 75.1 Å². The van der Waals surface area contributed by atoms with E-state index in [0.717, 1.165) is 26.8 Å². The summed E-state index contributed by atoms with van der Waals surface area (Å²) in [6, 6.07) is 68.8. The third-order valence-corrected chi connectivity index (χ3v) is 19.0. The summed E-state index contributed by atoms with van der Waals surface area (Å²) in [6.45, 7) is 24.6. The van der Waals surface area contributed by atoms with Gasteiger partial charge in [-0.05, 0) is 173 Å². The Morgan fingerprint density at radius 2 is 0.667 bits per heavy atom. The maximum Gasteiger partial charge on any atom is 0.494 e. The fourth-order valence-electron chi connectivity index (χ4n) is 11.9. The lowest BCUT2D eigenvalue weighted by atomic mass is 9.49. The molecule has 422 valence electrons. The highest BCUT2D eigenvalue weighted by atomic mass is 79.9. The monoisotopic (exact) mass is 1170 g/mol. The van der Waals surface area contributed by atoms with Crippen molar-refractivity contribution in [1.29, 1.82) is 0 Å². The first kappa shape index (κ1) is 56.0. The SMILES string of the molecule is Brc1ccc2c(c1)c1ccc3ccn(-c4ccccc4)c3c1n2-c1ccccc1.CC1(C)OB(B2OC(C)(C)C(C)(C)O2)OC1(C)C.CC1(C)OB(c2ccc3c(c2)c2ccc4ccn(-c5ccccc5)c4c2n3-c2ccccc2)OC1(C)C. The Kier molecular flexibility index (Phi) is 13.7. The molecule has 12 aromatic rings. The van der Waals surface area contributed by atoms with Gasteiger partial charge in [-0.3, -0.25) is 0 Å². The molecular weight excluding hydrogens is 1110 g/mol. The Hall–Kier alpha value is -7.13. The first-order valence-corrected chi connectivity index (χ1v) is 29.9. The lowest BCUT2D eigenvalue weighted by Crippen LogP contribution is -2.41. The zero-order valence-electron chi connectivity index (χ0n) is 50.0. The van der Waals surface area contributed by atoms with Gasteiger partial charge >= 0.3 is 21.1 Å². The molecule has 3 aliphatic heterocycles. The maximum atomic E-state index is 6.40. The van der Waals surface area contributed by atoms with Gasteiger partial charge < -0.3 is 46.2 Å². The van der Waals surface area contributed by atoms with Crippen molar-refractivity contribution in [3.63, 3.8) is 0 Å². The smallest absolute Gasteiger partial charge is 0.405 e. The van der Waals surface area contributed by atoms with Crippen molar-refractivity contribution in [2.45, 2.75) is 117 Å². The van der Waals surface area contributed by atoms with E-state index >= 15 is 0 Å². The fraction of sp³-hybridized carbons (Fsp3) is 0.257. The van der Waals surface area contributed by atoms with E-state index in [2.05, 4.69) is 268 Å². The summed E-state index contributed by atoms with van der Waals surface area (Å²) in [4.78, 5) is 0. The van der Waals surface area contributed by atoms with Crippen molar-refractivity contribution in [3.8, 4) is 22.7 Å². The van der Waals surface area contributed by atoms with Crippen LogP contribution in [0.25, 0.3) is 88.2 Å². The van der Waals surface area contributed by atoms with Crippen LogP contribution >= 0.6 is 15.9 Å². The largest absolute Gasteiger partial charge is 0.494 e. The Labute approximate surface area is 501 Å². The molecule has 3 fully saturated rings. The number of para-hydroxylation sites is 4. The molecule has 3 aliphatic rings. The summed E-state index contributed by atoms with van der Waals surface area (Å²) >= 11 is 3.66. The lowest BCUT2D eigenvalue weighted by molar-refractivity contribution is 0.00578. The van der Waals surface area contributed by atoms with Crippen LogP contribution in [0, 0.1) is 0 Å². The van der Waals surface area contributed by atoms with Crippen LogP contribution in [-0.4, -0.2) is 73.0 Å². The fourth-order valence-corrected chi connectivity index (χ4v) is 12.2. The predicted molar refractivity (Wildman–Crippen MR) is 351 cm³/mol. The molecule has 7 heterocycles. The summed E-state index contributed by atoms with van der Waals surface area (Å²) in [6.07, 6.45) is 4.34. The van der Waals surface area contributed by atoms with Crippen LogP contribution in [0.4, 0.5) is 0 Å². The van der Waals surface area contributed by atoms with Gasteiger partial charge in [-0.25, -0.2) is 0 Å². The van der Waals surface area contributed by atoms with Crippen molar-refractivity contribution in [2.24, 2.45) is 0 Å². The number of benzene rings is 8. The maximum absolute atomic E-state index is 6.40. The predicted octanol–water partition coefficient (Wildman–Crippen LogP) is 16.8. The van der Waals surface area contributed by atoms with E-state index in [1.54, 1.807) is 0 Å². The molecule has 14 heteroatoms. The van der Waals surface area contributed by atoms with E-state index < -0.39 is 21.1 Å². The summed E-state index contributed by atoms with van der Waals surface area (Å²) in [5, 5.41) is 7.35. The molecule has 10 nitrogen and oxygen atoms in total. The molecule has 0 radical (unpaired) electrons. The Morgan fingerprint density at radius 1 is 0.321 bits per heavy atom. The van der Waals surface area contributed by atoms with Crippen LogP contribution in [0.2, 0.25) is 0 Å². The highest BCUT2D eigenvalue weighted by Crippen LogP contribution is 2.45. The molecule has 3 saturated heterocycles. The molecule has 0 N–H and O–H groups in total. The van der Waals surface area contributed by atoms with Gasteiger partial charge in [-0.2, -0.15) is 0 Å². The normalized spacial score (nSPS) is 18.3. The zero-order chi connectivity index (χ0) is 58.7. The van der Waals surface area contributed by atoms with Gasteiger partial charge in [0.1, 0.15) is 0 Å². The molecule has 0 saturated carbocycles. The van der Waals surface area contributed by atoms with Crippen LogP contribution in [0.1, 0.15) is 83.1 Å². The molecule has 0 spiro atoms. The lowest BCUT2D eigenvalue weighted by Gasteiger charge is -2.32. The molecule has 8 aromatic carbocycles. The molecule has 0 atom stereocenters. The van der Waals surface area contributed by atoms with Gasteiger partial charge in [0.05, 0.1) is 66.7 Å². The van der Waals surface area contributed by atoms with Crippen LogP contribution in [0.15, 0.2) is 211 Å². The van der Waals surface area contributed by atoms with Gasteiger partial charge in [-0.1, -0.05) is 125 Å². The van der Waals surface area contributed by atoms with Crippen LogP contribution < -0.4 is 5.46 Å². The van der Waals surface area contributed by atoms with Crippen LogP contribution in [-0.2, 0) is 27.9 Å². The minimum Gasteiger partial charge on any atom is -0.405 e. The molecular formula is C70H70B3BrN4O6. The van der Waals surface area contributed by atoms with Gasteiger partial charge in [0, 0.05) is 71.9 Å². The van der Waals surface area contributed by atoms with E-state index in [1.807, 2.05) is 55.4 Å². The molecule has 0 aliphatic carbocycles. The second kappa shape index (κ2) is 20.5. The van der Waals surface area contributed by atoms with E-state index in [0.29, 0.717) is 0 Å². The number of hydrogen-bond donors (Lipinski definition) is 0. The van der Waals surface area contributed by atoms with Crippen molar-refractivity contribution >= 4 is 108 Å². The number of halogens is 1.